The van der Waals surface area contributed by atoms with Gasteiger partial charge in [0.1, 0.15) is 0 Å². The number of unbranched alkanes of at least 4 members (excludes halogenated alkanes) is 1. The number of sulfonamides is 1. The molecule has 0 spiro atoms. The first-order valence-electron chi connectivity index (χ1n) is 9.66. The summed E-state index contributed by atoms with van der Waals surface area (Å²) in [6.07, 6.45) is 5.43. The molecule has 0 aromatic carbocycles. The second-order valence-corrected chi connectivity index (χ2v) is 8.97. The molecule has 0 aromatic rings. The van der Waals surface area contributed by atoms with Crippen LogP contribution >= 0.6 is 24.0 Å². The molecule has 0 amide bonds. The molecule has 2 N–H and O–H groups in total. The fraction of sp³-hybridized carbons (Fsp3) is 0.941. The fourth-order valence-corrected chi connectivity index (χ4v) is 4.13. The predicted molar refractivity (Wildman–Crippen MR) is 117 cm³/mol. The third-order valence-corrected chi connectivity index (χ3v) is 6.72. The van der Waals surface area contributed by atoms with Crippen molar-refractivity contribution in [2.24, 2.45) is 16.8 Å². The highest BCUT2D eigenvalue weighted by molar-refractivity contribution is 14.0. The molecule has 1 heterocycles. The van der Waals surface area contributed by atoms with Gasteiger partial charge in [-0.2, -0.15) is 17.5 Å². The second kappa shape index (κ2) is 13.1. The predicted octanol–water partition coefficient (Wildman–Crippen LogP) is 3.55. The van der Waals surface area contributed by atoms with E-state index < -0.39 is 15.5 Å². The molecular weight excluding hydrogens is 508 g/mol. The molecule has 1 saturated heterocycles. The maximum Gasteiger partial charge on any atom is 0.511 e. The summed E-state index contributed by atoms with van der Waals surface area (Å²) >= 11 is 0. The molecule has 0 aromatic heterocycles. The number of piperidine rings is 1. The molecule has 1 fully saturated rings. The van der Waals surface area contributed by atoms with E-state index in [-0.39, 0.29) is 43.0 Å². The van der Waals surface area contributed by atoms with Crippen molar-refractivity contribution in [1.29, 1.82) is 0 Å². The Hall–Kier alpha value is -0.300. The first kappa shape index (κ1) is 27.7. The number of nitrogens with zero attached hydrogens (tertiary/aromatic N) is 2. The Labute approximate surface area is 184 Å². The van der Waals surface area contributed by atoms with E-state index in [2.05, 4.69) is 29.5 Å². The van der Waals surface area contributed by atoms with Crippen molar-refractivity contribution in [1.82, 2.24) is 14.9 Å². The maximum absolute atomic E-state index is 12.6. The minimum absolute atomic E-state index is 0. The number of halogens is 4. The van der Waals surface area contributed by atoms with Gasteiger partial charge in [0.15, 0.2) is 5.96 Å². The van der Waals surface area contributed by atoms with Crippen molar-refractivity contribution in [3.05, 3.63) is 0 Å². The summed E-state index contributed by atoms with van der Waals surface area (Å²) in [5.41, 5.74) is -5.22. The molecule has 0 radical (unpaired) electrons. The fourth-order valence-electron chi connectivity index (χ4n) is 3.15. The summed E-state index contributed by atoms with van der Waals surface area (Å²) in [5, 5.41) is 6.51. The average Bonchev–Trinajstić information content (AvgIpc) is 2.63. The van der Waals surface area contributed by atoms with Gasteiger partial charge in [-0.05, 0) is 31.1 Å². The van der Waals surface area contributed by atoms with E-state index in [4.69, 9.17) is 0 Å². The highest BCUT2D eigenvalue weighted by Crippen LogP contribution is 2.30. The lowest BCUT2D eigenvalue weighted by atomic mass is 9.98. The van der Waals surface area contributed by atoms with Crippen LogP contribution in [0.1, 0.15) is 52.4 Å². The normalized spacial score (nSPS) is 18.4. The van der Waals surface area contributed by atoms with Crippen molar-refractivity contribution in [2.75, 3.05) is 33.2 Å². The van der Waals surface area contributed by atoms with Crippen LogP contribution < -0.4 is 10.6 Å². The lowest BCUT2D eigenvalue weighted by Gasteiger charge is -2.31. The Kier molecular flexibility index (Phi) is 13.0. The van der Waals surface area contributed by atoms with Gasteiger partial charge in [-0.15, -0.1) is 24.0 Å². The van der Waals surface area contributed by atoms with E-state index in [1.807, 2.05) is 0 Å². The van der Waals surface area contributed by atoms with Crippen LogP contribution in [0, 0.1) is 11.8 Å². The number of aliphatic imine (C=N–C) groups is 1. The molecule has 0 aliphatic carbocycles. The standard InChI is InChI=1S/C17H33F3N4O2S.HI/c1-4-6-7-14(5-2)12-22-16(21-3)23-13-15-8-10-24(11-9-15)27(25,26)17(18,19)20;/h14-15H,4-13H2,1-3H3,(H2,21,22,23);1H. The number of nitrogens with one attached hydrogen (secondary N) is 2. The molecule has 0 saturated carbocycles. The van der Waals surface area contributed by atoms with Crippen LogP contribution in [0.15, 0.2) is 4.99 Å². The van der Waals surface area contributed by atoms with Crippen LogP contribution in [-0.2, 0) is 10.0 Å². The highest BCUT2D eigenvalue weighted by Gasteiger charge is 2.50. The van der Waals surface area contributed by atoms with Crippen molar-refractivity contribution in [3.8, 4) is 0 Å². The van der Waals surface area contributed by atoms with E-state index in [1.165, 1.54) is 19.3 Å². The number of hydrogen-bond acceptors (Lipinski definition) is 3. The molecule has 6 nitrogen and oxygen atoms in total. The number of guanidine groups is 1. The van der Waals surface area contributed by atoms with Crippen molar-refractivity contribution >= 4 is 40.0 Å². The van der Waals surface area contributed by atoms with Crippen LogP contribution in [0.25, 0.3) is 0 Å². The summed E-state index contributed by atoms with van der Waals surface area (Å²) in [6.45, 7) is 5.53. The molecule has 11 heteroatoms. The van der Waals surface area contributed by atoms with Gasteiger partial charge in [-0.3, -0.25) is 4.99 Å². The smallest absolute Gasteiger partial charge is 0.356 e. The van der Waals surface area contributed by atoms with Crippen LogP contribution in [0.4, 0.5) is 13.2 Å². The van der Waals surface area contributed by atoms with Crippen molar-refractivity contribution < 1.29 is 21.6 Å². The van der Waals surface area contributed by atoms with E-state index in [0.717, 1.165) is 13.0 Å². The monoisotopic (exact) mass is 542 g/mol. The Balaban J connectivity index is 0.00000729. The van der Waals surface area contributed by atoms with Gasteiger partial charge in [0.05, 0.1) is 0 Å². The molecule has 1 rings (SSSR count). The molecule has 1 aliphatic rings. The quantitative estimate of drug-likeness (QED) is 0.266. The lowest BCUT2D eigenvalue weighted by molar-refractivity contribution is -0.0496. The summed E-state index contributed by atoms with van der Waals surface area (Å²) in [6, 6.07) is 0. The Morgan fingerprint density at radius 1 is 1.21 bits per heavy atom. The van der Waals surface area contributed by atoms with Gasteiger partial charge in [-0.25, -0.2) is 8.42 Å². The largest absolute Gasteiger partial charge is 0.511 e. The number of alkyl halides is 3. The lowest BCUT2D eigenvalue weighted by Crippen LogP contribution is -2.47. The minimum atomic E-state index is -5.22. The zero-order valence-electron chi connectivity index (χ0n) is 16.9. The number of hydrogen-bond donors (Lipinski definition) is 2. The Morgan fingerprint density at radius 3 is 2.29 bits per heavy atom. The van der Waals surface area contributed by atoms with Crippen molar-refractivity contribution in [2.45, 2.75) is 57.9 Å². The summed E-state index contributed by atoms with van der Waals surface area (Å²) in [7, 11) is -3.53. The highest BCUT2D eigenvalue weighted by atomic mass is 127. The van der Waals surface area contributed by atoms with Gasteiger partial charge in [0.25, 0.3) is 0 Å². The van der Waals surface area contributed by atoms with E-state index in [9.17, 15) is 21.6 Å². The maximum atomic E-state index is 12.6. The minimum Gasteiger partial charge on any atom is -0.356 e. The molecule has 1 aliphatic heterocycles. The van der Waals surface area contributed by atoms with E-state index >= 15 is 0 Å². The van der Waals surface area contributed by atoms with Crippen LogP contribution in [0.5, 0.6) is 0 Å². The van der Waals surface area contributed by atoms with Gasteiger partial charge in [-0.1, -0.05) is 33.1 Å². The zero-order valence-corrected chi connectivity index (χ0v) is 20.0. The van der Waals surface area contributed by atoms with Gasteiger partial charge in [0.2, 0.25) is 0 Å². The van der Waals surface area contributed by atoms with E-state index in [1.54, 1.807) is 7.05 Å². The topological polar surface area (TPSA) is 73.8 Å². The first-order valence-corrected chi connectivity index (χ1v) is 11.1. The molecule has 1 atom stereocenters. The first-order chi connectivity index (χ1) is 12.7. The molecule has 168 valence electrons. The third-order valence-electron chi connectivity index (χ3n) is 5.09. The van der Waals surface area contributed by atoms with Crippen LogP contribution in [0.2, 0.25) is 0 Å². The Bertz CT molecular complexity index is 565. The van der Waals surface area contributed by atoms with Gasteiger partial charge in [0, 0.05) is 33.2 Å². The van der Waals surface area contributed by atoms with E-state index in [0.29, 0.717) is 35.6 Å². The molecule has 1 unspecified atom stereocenters. The zero-order chi connectivity index (χ0) is 20.5. The third kappa shape index (κ3) is 8.60. The second-order valence-electron chi connectivity index (χ2n) is 7.04. The molecular formula is C17H34F3IN4O2S. The molecule has 0 bridgehead atoms. The average molecular weight is 542 g/mol. The summed E-state index contributed by atoms with van der Waals surface area (Å²) in [4.78, 5) is 4.18. The number of rotatable bonds is 9. The summed E-state index contributed by atoms with van der Waals surface area (Å²) in [5.74, 6) is 1.37. The van der Waals surface area contributed by atoms with Crippen molar-refractivity contribution in [3.63, 3.8) is 0 Å². The SMILES string of the molecule is CCCCC(CC)CNC(=NC)NCC1CCN(S(=O)(=O)C(F)(F)F)CC1.I. The molecule has 28 heavy (non-hydrogen) atoms. The van der Waals surface area contributed by atoms with Gasteiger partial charge < -0.3 is 10.6 Å². The van der Waals surface area contributed by atoms with Crippen LogP contribution in [0.3, 0.4) is 0 Å². The van der Waals surface area contributed by atoms with Crippen LogP contribution in [-0.4, -0.2) is 57.4 Å². The van der Waals surface area contributed by atoms with Gasteiger partial charge >= 0.3 is 15.5 Å². The Morgan fingerprint density at radius 2 is 1.82 bits per heavy atom. The summed E-state index contributed by atoms with van der Waals surface area (Å²) < 4.78 is 61.2.